The number of ether oxygens (including phenoxy) is 3. The van der Waals surface area contributed by atoms with E-state index in [2.05, 4.69) is 0 Å². The number of likely N-dealkylation sites (tertiary alicyclic amines) is 1. The van der Waals surface area contributed by atoms with E-state index in [1.165, 1.54) is 7.11 Å². The summed E-state index contributed by atoms with van der Waals surface area (Å²) < 4.78 is 75.9. The highest BCUT2D eigenvalue weighted by atomic mass is 35.5. The van der Waals surface area contributed by atoms with Gasteiger partial charge < -0.3 is 31.7 Å². The molecule has 8 atom stereocenters. The molecule has 2 fully saturated rings. The summed E-state index contributed by atoms with van der Waals surface area (Å²) in [4.78, 5) is 0.201. The smallest absolute Gasteiger partial charge is 0.327 e. The van der Waals surface area contributed by atoms with Gasteiger partial charge in [-0.2, -0.15) is 8.42 Å². The molecule has 2 aromatic carbocycles. The van der Waals surface area contributed by atoms with Crippen LogP contribution < -0.4 is 21.9 Å². The molecule has 3 heterocycles. The number of hydrogen-bond donors (Lipinski definition) is 1. The second-order valence-electron chi connectivity index (χ2n) is 12.6. The minimum atomic E-state index is -4.02. The Kier molecular flexibility index (Phi) is 5.45. The van der Waals surface area contributed by atoms with Crippen molar-refractivity contribution >= 4 is 19.9 Å². The Morgan fingerprint density at radius 2 is 1.81 bits per heavy atom. The number of nitrogens with zero attached hydrogens (tertiary/aromatic N) is 1. The summed E-state index contributed by atoms with van der Waals surface area (Å²) in [6.07, 6.45) is 3.73. The van der Waals surface area contributed by atoms with Crippen LogP contribution in [0.3, 0.4) is 0 Å². The van der Waals surface area contributed by atoms with E-state index in [4.69, 9.17) is 14.2 Å². The molecule has 0 aromatic heterocycles. The number of sulfone groups is 1. The van der Waals surface area contributed by atoms with Crippen LogP contribution in [-0.4, -0.2) is 76.6 Å². The second kappa shape index (κ2) is 8.12. The van der Waals surface area contributed by atoms with Gasteiger partial charge in [0.25, 0.3) is 0 Å². The maximum absolute atomic E-state index is 14.7. The molecule has 3 aliphatic heterocycles. The second-order valence-corrected chi connectivity index (χ2v) is 16.8. The average Bonchev–Trinajstić information content (AvgIpc) is 3.44. The van der Waals surface area contributed by atoms with Crippen LogP contribution in [0.4, 0.5) is 0 Å². The normalized spacial score (nSPS) is 40.8. The third kappa shape index (κ3) is 2.67. The molecule has 1 saturated carbocycles. The van der Waals surface area contributed by atoms with E-state index in [1.54, 1.807) is 38.4 Å². The van der Waals surface area contributed by atoms with Gasteiger partial charge in [0.1, 0.15) is 28.4 Å². The first-order valence-corrected chi connectivity index (χ1v) is 16.8. The van der Waals surface area contributed by atoms with Gasteiger partial charge in [-0.25, -0.2) is 12.3 Å². The summed E-state index contributed by atoms with van der Waals surface area (Å²) in [5.74, 6) is -0.129. The molecule has 2 spiro atoms. The van der Waals surface area contributed by atoms with Gasteiger partial charge in [-0.15, -0.1) is 0 Å². The molecule has 7 aliphatic rings. The molecule has 9 nitrogen and oxygen atoms in total. The number of likely N-dealkylation sites (N-methyl/N-ethyl adjacent to an activating group) is 1. The van der Waals surface area contributed by atoms with Crippen LogP contribution in [-0.2, 0) is 36.4 Å². The Labute approximate surface area is 251 Å². The quantitative estimate of drug-likeness (QED) is 0.368. The predicted molar refractivity (Wildman–Crippen MR) is 149 cm³/mol. The average molecular weight is 634 g/mol. The van der Waals surface area contributed by atoms with Crippen LogP contribution >= 0.6 is 0 Å². The van der Waals surface area contributed by atoms with Gasteiger partial charge in [0.15, 0.2) is 21.3 Å². The van der Waals surface area contributed by atoms with E-state index in [0.717, 1.165) is 22.1 Å². The maximum atomic E-state index is 14.7. The molecule has 224 valence electrons. The van der Waals surface area contributed by atoms with Crippen molar-refractivity contribution in [3.63, 3.8) is 0 Å². The highest BCUT2D eigenvalue weighted by Gasteiger charge is 2.88. The third-order valence-corrected chi connectivity index (χ3v) is 15.7. The Morgan fingerprint density at radius 3 is 2.48 bits per heavy atom. The van der Waals surface area contributed by atoms with Crippen LogP contribution in [0.1, 0.15) is 23.1 Å². The fourth-order valence-electron chi connectivity index (χ4n) is 9.79. The first-order valence-electron chi connectivity index (χ1n) is 13.8. The van der Waals surface area contributed by atoms with E-state index in [-0.39, 0.29) is 33.5 Å². The Balaban J connectivity index is 0.00000288. The number of sulfonamides is 1. The lowest BCUT2D eigenvalue weighted by Gasteiger charge is -2.72. The first kappa shape index (κ1) is 28.2. The number of methoxy groups -OCH3 is 2. The van der Waals surface area contributed by atoms with Gasteiger partial charge in [0, 0.05) is 25.5 Å². The highest BCUT2D eigenvalue weighted by Crippen LogP contribution is 2.78. The number of halogens is 1. The molecule has 1 N–H and O–H groups in total. The Hall–Kier alpha value is -2.57. The topological polar surface area (TPSA) is 116 Å². The van der Waals surface area contributed by atoms with Gasteiger partial charge in [-0.05, 0) is 30.7 Å². The zero-order valence-electron chi connectivity index (χ0n) is 23.6. The van der Waals surface area contributed by atoms with E-state index >= 15 is 0 Å². The number of piperidine rings is 1. The summed E-state index contributed by atoms with van der Waals surface area (Å²) in [5, 5.41) is 11.1. The summed E-state index contributed by atoms with van der Waals surface area (Å²) in [6, 6.07) is 9.94. The van der Waals surface area contributed by atoms with Crippen molar-refractivity contribution in [2.75, 3.05) is 27.8 Å². The van der Waals surface area contributed by atoms with E-state index in [1.807, 2.05) is 31.2 Å². The predicted octanol–water partition coefficient (Wildman–Crippen LogP) is -0.0621. The number of benzene rings is 2. The monoisotopic (exact) mass is 633 g/mol. The molecular formula is C30H32ClNO8S2. The number of aryl methyl sites for hydroxylation is 1. The van der Waals surface area contributed by atoms with Crippen LogP contribution in [0, 0.1) is 18.3 Å². The molecular weight excluding hydrogens is 602 g/mol. The lowest BCUT2D eigenvalue weighted by atomic mass is 9.37. The largest absolute Gasteiger partial charge is 1.00 e. The number of quaternary nitrogens is 1. The third-order valence-electron chi connectivity index (χ3n) is 11.4. The molecule has 12 heteroatoms. The zero-order valence-corrected chi connectivity index (χ0v) is 26.0. The van der Waals surface area contributed by atoms with Crippen molar-refractivity contribution in [1.82, 2.24) is 0 Å². The highest BCUT2D eigenvalue weighted by molar-refractivity contribution is 7.95. The van der Waals surface area contributed by atoms with Crippen molar-refractivity contribution in [2.45, 2.75) is 53.1 Å². The Morgan fingerprint density at radius 1 is 1.10 bits per heavy atom. The molecule has 9 rings (SSSR count). The first-order chi connectivity index (χ1) is 19.4. The summed E-state index contributed by atoms with van der Waals surface area (Å²) in [6.45, 7) is 2.16. The van der Waals surface area contributed by atoms with Crippen molar-refractivity contribution in [1.29, 1.82) is 0 Å². The number of hydrogen-bond acceptors (Lipinski definition) is 8. The lowest BCUT2D eigenvalue weighted by molar-refractivity contribution is -0.834. The van der Waals surface area contributed by atoms with Crippen LogP contribution in [0.2, 0.25) is 0 Å². The van der Waals surface area contributed by atoms with Crippen molar-refractivity contribution in [3.8, 4) is 11.5 Å². The summed E-state index contributed by atoms with van der Waals surface area (Å²) >= 11 is 0. The number of aliphatic hydroxyl groups excluding tert-OH is 1. The van der Waals surface area contributed by atoms with E-state index < -0.39 is 59.6 Å². The maximum Gasteiger partial charge on any atom is 0.327 e. The lowest BCUT2D eigenvalue weighted by Crippen LogP contribution is -3.00. The van der Waals surface area contributed by atoms with Gasteiger partial charge >= 0.3 is 10.0 Å². The standard InChI is InChI=1S/C30H31NO8S2.ClH/c1-17-5-8-19(9-6-17)41(35,36)31(2)14-13-29-23-18-7-10-21(37-3)25(23)39-27(29)30(38-4)12-11-28(29,22(31)15-18)26-24(30)20(32)16-40(26,33)34;/h5-12,16,22,24,26-27H,13-15H2,1-4H3;1H/t22-,24-,26+,27-,28+,29+,30-,31?;/m1./s1. The van der Waals surface area contributed by atoms with Crippen LogP contribution in [0.15, 0.2) is 64.6 Å². The molecule has 1 saturated heterocycles. The van der Waals surface area contributed by atoms with Gasteiger partial charge in [-0.3, -0.25) is 0 Å². The van der Waals surface area contributed by atoms with E-state index in [0.29, 0.717) is 24.3 Å². The number of aliphatic hydroxyl groups is 1. The summed E-state index contributed by atoms with van der Waals surface area (Å²) in [7, 11) is -3.21. The van der Waals surface area contributed by atoms with Gasteiger partial charge in [-0.1, -0.05) is 35.9 Å². The molecule has 4 bridgehead atoms. The SMILES string of the molecule is COc1ccc2c3c1O[C@H]1[C@@]4(OC)C=C[C@]5([C@@H](C2)[N+](C)(S(=O)(=O)c2ccc(C)cc2)CC[C@]315)[C@@H]1[C@H]4C(O)=CS1(=O)=O.[Cl-]. The van der Waals surface area contributed by atoms with Crippen molar-refractivity contribution in [2.24, 2.45) is 11.3 Å². The van der Waals surface area contributed by atoms with Crippen molar-refractivity contribution < 1.29 is 52.4 Å². The van der Waals surface area contributed by atoms with E-state index in [9.17, 15) is 21.9 Å². The molecule has 1 unspecified atom stereocenters. The number of rotatable bonds is 4. The summed E-state index contributed by atoms with van der Waals surface area (Å²) in [5.41, 5.74) is -0.635. The minimum Gasteiger partial charge on any atom is -1.00 e. The van der Waals surface area contributed by atoms with Gasteiger partial charge in [0.05, 0.1) is 48.1 Å². The van der Waals surface area contributed by atoms with Crippen LogP contribution in [0.5, 0.6) is 11.5 Å². The van der Waals surface area contributed by atoms with Gasteiger partial charge in [0.2, 0.25) is 0 Å². The fraction of sp³-hybridized carbons (Fsp3) is 0.467. The molecule has 2 aromatic rings. The molecule has 4 aliphatic carbocycles. The molecule has 0 radical (unpaired) electrons. The molecule has 42 heavy (non-hydrogen) atoms. The molecule has 0 amide bonds. The Bertz CT molecular complexity index is 1840. The fourth-order valence-corrected chi connectivity index (χ4v) is 14.0. The van der Waals surface area contributed by atoms with Crippen LogP contribution in [0.25, 0.3) is 0 Å². The van der Waals surface area contributed by atoms with Crippen molar-refractivity contribution in [3.05, 3.63) is 76.4 Å². The zero-order chi connectivity index (χ0) is 29.0. The minimum absolute atomic E-state index is 0.